The standard InChI is InChI=1S/C19H27FN2/c20-18-8-6-17(7-9-18)15-22-12-10-19(11-13-22)21-14-16-4-2-1-3-5-16/h1-2,6-9,16,19,21H,3-5,10-15H2. The number of piperidine rings is 1. The molecule has 1 fully saturated rings. The van der Waals surface area contributed by atoms with Gasteiger partial charge in [-0.05, 0) is 75.4 Å². The van der Waals surface area contributed by atoms with Gasteiger partial charge in [-0.25, -0.2) is 4.39 Å². The highest BCUT2D eigenvalue weighted by molar-refractivity contribution is 5.16. The Balaban J connectivity index is 1.36. The average molecular weight is 302 g/mol. The van der Waals surface area contributed by atoms with E-state index in [1.165, 1.54) is 44.2 Å². The van der Waals surface area contributed by atoms with Crippen LogP contribution in [0.25, 0.3) is 0 Å². The van der Waals surface area contributed by atoms with Crippen LogP contribution >= 0.6 is 0 Å². The molecule has 1 atom stereocenters. The van der Waals surface area contributed by atoms with E-state index in [1.54, 1.807) is 12.1 Å². The van der Waals surface area contributed by atoms with Gasteiger partial charge in [0.1, 0.15) is 5.82 Å². The first-order valence-corrected chi connectivity index (χ1v) is 8.65. The summed E-state index contributed by atoms with van der Waals surface area (Å²) in [4.78, 5) is 2.48. The number of likely N-dealkylation sites (tertiary alicyclic amines) is 1. The summed E-state index contributed by atoms with van der Waals surface area (Å²) in [5.41, 5.74) is 1.21. The third-order valence-electron chi connectivity index (χ3n) is 4.98. The minimum atomic E-state index is -0.149. The van der Waals surface area contributed by atoms with Crippen molar-refractivity contribution in [3.05, 3.63) is 47.8 Å². The van der Waals surface area contributed by atoms with Crippen molar-refractivity contribution >= 4 is 0 Å². The number of hydrogen-bond donors (Lipinski definition) is 1. The van der Waals surface area contributed by atoms with Crippen LogP contribution < -0.4 is 5.32 Å². The Morgan fingerprint density at radius 1 is 1.05 bits per heavy atom. The molecule has 0 spiro atoms. The van der Waals surface area contributed by atoms with Gasteiger partial charge in [-0.3, -0.25) is 4.90 Å². The lowest BCUT2D eigenvalue weighted by Crippen LogP contribution is -2.43. The van der Waals surface area contributed by atoms with Crippen molar-refractivity contribution in [1.29, 1.82) is 0 Å². The van der Waals surface area contributed by atoms with E-state index < -0.39 is 0 Å². The van der Waals surface area contributed by atoms with E-state index >= 15 is 0 Å². The van der Waals surface area contributed by atoms with Gasteiger partial charge >= 0.3 is 0 Å². The van der Waals surface area contributed by atoms with Crippen LogP contribution in [0.3, 0.4) is 0 Å². The van der Waals surface area contributed by atoms with Gasteiger partial charge in [-0.15, -0.1) is 0 Å². The summed E-state index contributed by atoms with van der Waals surface area (Å²) in [6.45, 7) is 4.40. The van der Waals surface area contributed by atoms with Crippen molar-refractivity contribution < 1.29 is 4.39 Å². The monoisotopic (exact) mass is 302 g/mol. The largest absolute Gasteiger partial charge is 0.314 e. The highest BCUT2D eigenvalue weighted by Gasteiger charge is 2.20. The maximum atomic E-state index is 12.9. The topological polar surface area (TPSA) is 15.3 Å². The van der Waals surface area contributed by atoms with E-state index in [-0.39, 0.29) is 5.82 Å². The Labute approximate surface area is 133 Å². The van der Waals surface area contributed by atoms with Crippen molar-refractivity contribution in [2.75, 3.05) is 19.6 Å². The fourth-order valence-corrected chi connectivity index (χ4v) is 3.52. The molecule has 0 bridgehead atoms. The van der Waals surface area contributed by atoms with Gasteiger partial charge in [0, 0.05) is 12.6 Å². The zero-order valence-corrected chi connectivity index (χ0v) is 13.3. The fraction of sp³-hybridized carbons (Fsp3) is 0.579. The van der Waals surface area contributed by atoms with E-state index in [0.29, 0.717) is 6.04 Å². The number of nitrogens with zero attached hydrogens (tertiary/aromatic N) is 1. The summed E-state index contributed by atoms with van der Waals surface area (Å²) >= 11 is 0. The summed E-state index contributed by atoms with van der Waals surface area (Å²) in [5, 5.41) is 3.77. The number of benzene rings is 1. The number of nitrogens with one attached hydrogen (secondary N) is 1. The summed E-state index contributed by atoms with van der Waals surface area (Å²) in [6, 6.07) is 7.59. The molecule has 22 heavy (non-hydrogen) atoms. The number of hydrogen-bond acceptors (Lipinski definition) is 2. The first-order chi connectivity index (χ1) is 10.8. The molecule has 0 aromatic heterocycles. The zero-order valence-electron chi connectivity index (χ0n) is 13.3. The molecule has 1 aromatic carbocycles. The fourth-order valence-electron chi connectivity index (χ4n) is 3.52. The average Bonchev–Trinajstić information content (AvgIpc) is 2.57. The van der Waals surface area contributed by atoms with Crippen molar-refractivity contribution in [2.24, 2.45) is 5.92 Å². The Hall–Kier alpha value is -1.19. The lowest BCUT2D eigenvalue weighted by Gasteiger charge is -2.33. The second-order valence-corrected chi connectivity index (χ2v) is 6.74. The van der Waals surface area contributed by atoms with Gasteiger partial charge < -0.3 is 5.32 Å². The summed E-state index contributed by atoms with van der Waals surface area (Å²) in [6.07, 6.45) is 10.9. The normalized spacial score (nSPS) is 23.8. The van der Waals surface area contributed by atoms with E-state index in [1.807, 2.05) is 12.1 Å². The van der Waals surface area contributed by atoms with Gasteiger partial charge in [0.25, 0.3) is 0 Å². The zero-order chi connectivity index (χ0) is 15.2. The molecule has 0 saturated carbocycles. The third kappa shape index (κ3) is 4.65. The Bertz CT molecular complexity index is 475. The summed E-state index contributed by atoms with van der Waals surface area (Å²) in [7, 11) is 0. The Morgan fingerprint density at radius 3 is 2.50 bits per heavy atom. The molecule has 1 saturated heterocycles. The molecule has 3 heteroatoms. The second-order valence-electron chi connectivity index (χ2n) is 6.74. The van der Waals surface area contributed by atoms with Crippen LogP contribution in [0.1, 0.15) is 37.7 Å². The molecule has 3 rings (SSSR count). The molecule has 0 radical (unpaired) electrons. The van der Waals surface area contributed by atoms with Gasteiger partial charge in [0.05, 0.1) is 0 Å². The van der Waals surface area contributed by atoms with Gasteiger partial charge in [-0.1, -0.05) is 24.3 Å². The summed E-state index contributed by atoms with van der Waals surface area (Å²) < 4.78 is 12.9. The predicted octanol–water partition coefficient (Wildman–Crippen LogP) is 3.74. The first-order valence-electron chi connectivity index (χ1n) is 8.65. The highest BCUT2D eigenvalue weighted by Crippen LogP contribution is 2.19. The van der Waals surface area contributed by atoms with Gasteiger partial charge in [-0.2, -0.15) is 0 Å². The van der Waals surface area contributed by atoms with Crippen LogP contribution in [0.5, 0.6) is 0 Å². The van der Waals surface area contributed by atoms with Crippen molar-refractivity contribution in [2.45, 2.75) is 44.7 Å². The van der Waals surface area contributed by atoms with E-state index in [2.05, 4.69) is 22.4 Å². The molecular formula is C19H27FN2. The number of halogens is 1. The third-order valence-corrected chi connectivity index (χ3v) is 4.98. The van der Waals surface area contributed by atoms with Crippen LogP contribution in [0.2, 0.25) is 0 Å². The quantitative estimate of drug-likeness (QED) is 0.834. The molecule has 1 N–H and O–H groups in total. The second kappa shape index (κ2) is 7.89. The number of rotatable bonds is 5. The molecule has 1 unspecified atom stereocenters. The lowest BCUT2D eigenvalue weighted by atomic mass is 9.93. The first kappa shape index (κ1) is 15.7. The predicted molar refractivity (Wildman–Crippen MR) is 89.2 cm³/mol. The van der Waals surface area contributed by atoms with Crippen molar-refractivity contribution in [3.63, 3.8) is 0 Å². The molecule has 1 aliphatic carbocycles. The van der Waals surface area contributed by atoms with E-state index in [9.17, 15) is 4.39 Å². The molecule has 1 aliphatic heterocycles. The van der Waals surface area contributed by atoms with Crippen LogP contribution in [-0.2, 0) is 6.54 Å². The minimum absolute atomic E-state index is 0.149. The van der Waals surface area contributed by atoms with Crippen LogP contribution in [-0.4, -0.2) is 30.6 Å². The van der Waals surface area contributed by atoms with Gasteiger partial charge in [0.15, 0.2) is 0 Å². The molecule has 120 valence electrons. The molecule has 2 nitrogen and oxygen atoms in total. The minimum Gasteiger partial charge on any atom is -0.314 e. The number of allylic oxidation sites excluding steroid dienone is 2. The summed E-state index contributed by atoms with van der Waals surface area (Å²) in [5.74, 6) is 0.687. The van der Waals surface area contributed by atoms with Crippen molar-refractivity contribution in [1.82, 2.24) is 10.2 Å². The lowest BCUT2D eigenvalue weighted by molar-refractivity contribution is 0.187. The Morgan fingerprint density at radius 2 is 1.82 bits per heavy atom. The van der Waals surface area contributed by atoms with Crippen LogP contribution in [0.15, 0.2) is 36.4 Å². The van der Waals surface area contributed by atoms with Crippen LogP contribution in [0.4, 0.5) is 4.39 Å². The molecule has 1 aromatic rings. The maximum absolute atomic E-state index is 12.9. The smallest absolute Gasteiger partial charge is 0.123 e. The van der Waals surface area contributed by atoms with Crippen LogP contribution in [0, 0.1) is 11.7 Å². The van der Waals surface area contributed by atoms with Gasteiger partial charge in [0.2, 0.25) is 0 Å². The molecule has 1 heterocycles. The van der Waals surface area contributed by atoms with Crippen molar-refractivity contribution in [3.8, 4) is 0 Å². The Kier molecular flexibility index (Phi) is 5.63. The molecule has 2 aliphatic rings. The molecular weight excluding hydrogens is 275 g/mol. The SMILES string of the molecule is Fc1ccc(CN2CCC(NCC3CC=CCC3)CC2)cc1. The highest BCUT2D eigenvalue weighted by atomic mass is 19.1. The van der Waals surface area contributed by atoms with E-state index in [0.717, 1.165) is 25.6 Å². The molecule has 0 amide bonds. The maximum Gasteiger partial charge on any atom is 0.123 e. The van der Waals surface area contributed by atoms with E-state index in [4.69, 9.17) is 0 Å².